The van der Waals surface area contributed by atoms with Crippen molar-refractivity contribution in [3.8, 4) is 0 Å². The Morgan fingerprint density at radius 2 is 2.17 bits per heavy atom. The molecule has 1 fully saturated rings. The van der Waals surface area contributed by atoms with E-state index in [1.807, 2.05) is 0 Å². The molecule has 1 aromatic rings. The maximum Gasteiger partial charge on any atom is 0.325 e. The molecule has 12 heavy (non-hydrogen) atoms. The molecular formula is C6H8N2O3S. The van der Waals surface area contributed by atoms with Crippen molar-refractivity contribution in [3.05, 3.63) is 22.9 Å². The number of nitrogens with one attached hydrogen (secondary N) is 1. The third-order valence-electron chi connectivity index (χ3n) is 1.96. The fourth-order valence-corrected chi connectivity index (χ4v) is 2.71. The minimum atomic E-state index is -2.85. The highest BCUT2D eigenvalue weighted by atomic mass is 32.2. The highest BCUT2D eigenvalue weighted by Crippen LogP contribution is 2.21. The number of aromatic nitrogens is 2. The van der Waals surface area contributed by atoms with Gasteiger partial charge in [-0.25, -0.2) is 13.2 Å². The van der Waals surface area contributed by atoms with Gasteiger partial charge >= 0.3 is 5.69 Å². The summed E-state index contributed by atoms with van der Waals surface area (Å²) < 4.78 is 23.0. The quantitative estimate of drug-likeness (QED) is 0.623. The monoisotopic (exact) mass is 188 g/mol. The van der Waals surface area contributed by atoms with E-state index in [9.17, 15) is 13.2 Å². The van der Waals surface area contributed by atoms with E-state index in [0.29, 0.717) is 0 Å². The van der Waals surface area contributed by atoms with Gasteiger partial charge < -0.3 is 4.98 Å². The van der Waals surface area contributed by atoms with Crippen molar-refractivity contribution in [2.24, 2.45) is 0 Å². The predicted molar refractivity (Wildman–Crippen MR) is 42.7 cm³/mol. The van der Waals surface area contributed by atoms with Crippen LogP contribution < -0.4 is 5.69 Å². The summed E-state index contributed by atoms with van der Waals surface area (Å²) in [5, 5.41) is 0. The van der Waals surface area contributed by atoms with Gasteiger partial charge in [0, 0.05) is 12.4 Å². The number of sulfone groups is 1. The third kappa shape index (κ3) is 1.08. The first-order valence-corrected chi connectivity index (χ1v) is 5.36. The largest absolute Gasteiger partial charge is 0.325 e. The molecule has 0 radical (unpaired) electrons. The van der Waals surface area contributed by atoms with Crippen LogP contribution in [0.2, 0.25) is 0 Å². The molecule has 0 bridgehead atoms. The van der Waals surface area contributed by atoms with Crippen LogP contribution in [-0.2, 0) is 9.84 Å². The van der Waals surface area contributed by atoms with Crippen molar-refractivity contribution in [3.63, 3.8) is 0 Å². The average molecular weight is 188 g/mol. The smallest absolute Gasteiger partial charge is 0.313 e. The van der Waals surface area contributed by atoms with Gasteiger partial charge in [0.25, 0.3) is 0 Å². The van der Waals surface area contributed by atoms with Gasteiger partial charge in [-0.15, -0.1) is 0 Å². The summed E-state index contributed by atoms with van der Waals surface area (Å²) in [5.74, 6) is 0.176. The number of hydrogen-bond acceptors (Lipinski definition) is 3. The SMILES string of the molecule is O=c1[nH]ccn1C1CS(=O)(=O)C1. The van der Waals surface area contributed by atoms with Crippen LogP contribution in [0.4, 0.5) is 0 Å². The number of rotatable bonds is 1. The second kappa shape index (κ2) is 2.22. The molecule has 6 heteroatoms. The van der Waals surface area contributed by atoms with E-state index in [4.69, 9.17) is 0 Å². The van der Waals surface area contributed by atoms with Crippen LogP contribution in [0.5, 0.6) is 0 Å². The van der Waals surface area contributed by atoms with Crippen molar-refractivity contribution < 1.29 is 8.42 Å². The van der Waals surface area contributed by atoms with Crippen molar-refractivity contribution >= 4 is 9.84 Å². The van der Waals surface area contributed by atoms with Gasteiger partial charge in [-0.2, -0.15) is 0 Å². The van der Waals surface area contributed by atoms with Gasteiger partial charge in [-0.3, -0.25) is 4.57 Å². The van der Waals surface area contributed by atoms with Crippen LogP contribution in [0.3, 0.4) is 0 Å². The Kier molecular flexibility index (Phi) is 1.41. The van der Waals surface area contributed by atoms with Crippen molar-refractivity contribution in [1.29, 1.82) is 0 Å². The molecule has 2 heterocycles. The molecule has 1 aliphatic heterocycles. The van der Waals surface area contributed by atoms with E-state index in [1.54, 1.807) is 6.20 Å². The maximum atomic E-state index is 11.0. The number of hydrogen-bond donors (Lipinski definition) is 1. The van der Waals surface area contributed by atoms with Crippen molar-refractivity contribution in [1.82, 2.24) is 9.55 Å². The average Bonchev–Trinajstić information content (AvgIpc) is 2.30. The molecule has 1 N–H and O–H groups in total. The Morgan fingerprint density at radius 1 is 1.50 bits per heavy atom. The number of H-pyrrole nitrogens is 1. The number of aromatic amines is 1. The minimum Gasteiger partial charge on any atom is -0.313 e. The summed E-state index contributed by atoms with van der Waals surface area (Å²) in [6.07, 6.45) is 3.08. The second-order valence-corrected chi connectivity index (χ2v) is 5.06. The van der Waals surface area contributed by atoms with E-state index in [2.05, 4.69) is 4.98 Å². The number of nitrogens with zero attached hydrogens (tertiary/aromatic N) is 1. The Balaban J connectivity index is 2.27. The Morgan fingerprint density at radius 3 is 2.58 bits per heavy atom. The highest BCUT2D eigenvalue weighted by Gasteiger charge is 2.35. The molecule has 0 aromatic carbocycles. The molecule has 2 rings (SSSR count). The minimum absolute atomic E-state index is 0.0881. The molecule has 0 aliphatic carbocycles. The van der Waals surface area contributed by atoms with Gasteiger partial charge in [0.05, 0.1) is 17.5 Å². The fraction of sp³-hybridized carbons (Fsp3) is 0.500. The highest BCUT2D eigenvalue weighted by molar-refractivity contribution is 7.92. The Hall–Kier alpha value is -1.04. The van der Waals surface area contributed by atoms with Gasteiger partial charge in [0.2, 0.25) is 0 Å². The van der Waals surface area contributed by atoms with E-state index in [1.165, 1.54) is 10.8 Å². The molecular weight excluding hydrogens is 180 g/mol. The molecule has 0 spiro atoms. The summed E-state index contributed by atoms with van der Waals surface area (Å²) in [4.78, 5) is 13.4. The lowest BCUT2D eigenvalue weighted by Crippen LogP contribution is -2.41. The maximum absolute atomic E-state index is 11.0. The Labute approximate surface area is 68.9 Å². The normalized spacial score (nSPS) is 22.0. The van der Waals surface area contributed by atoms with Gasteiger partial charge in [0.1, 0.15) is 0 Å². The molecule has 1 saturated heterocycles. The van der Waals surface area contributed by atoms with Crippen LogP contribution in [0.1, 0.15) is 6.04 Å². The lowest BCUT2D eigenvalue weighted by molar-refractivity contribution is 0.499. The molecule has 1 aromatic heterocycles. The first-order chi connectivity index (χ1) is 5.58. The number of imidazole rings is 1. The first-order valence-electron chi connectivity index (χ1n) is 3.54. The Bertz CT molecular complexity index is 429. The zero-order chi connectivity index (χ0) is 8.77. The van der Waals surface area contributed by atoms with Gasteiger partial charge in [-0.1, -0.05) is 0 Å². The summed E-state index contributed by atoms with van der Waals surface area (Å²) in [6, 6.07) is -0.159. The molecule has 0 unspecified atom stereocenters. The van der Waals surface area contributed by atoms with Crippen LogP contribution in [0, 0.1) is 0 Å². The van der Waals surface area contributed by atoms with Crippen LogP contribution in [-0.4, -0.2) is 29.5 Å². The molecule has 0 atom stereocenters. The molecule has 66 valence electrons. The van der Waals surface area contributed by atoms with E-state index in [-0.39, 0.29) is 23.2 Å². The summed E-state index contributed by atoms with van der Waals surface area (Å²) in [6.45, 7) is 0. The van der Waals surface area contributed by atoms with Crippen LogP contribution in [0.15, 0.2) is 17.2 Å². The third-order valence-corrected chi connectivity index (χ3v) is 3.75. The van der Waals surface area contributed by atoms with E-state index >= 15 is 0 Å². The predicted octanol–water partition coefficient (Wildman–Crippen LogP) is -0.854. The lowest BCUT2D eigenvalue weighted by Gasteiger charge is -2.25. The zero-order valence-corrected chi connectivity index (χ0v) is 7.04. The summed E-state index contributed by atoms with van der Waals surface area (Å²) in [7, 11) is -2.85. The molecule has 0 saturated carbocycles. The topological polar surface area (TPSA) is 71.9 Å². The van der Waals surface area contributed by atoms with Gasteiger partial charge in [0.15, 0.2) is 9.84 Å². The second-order valence-electron chi connectivity index (χ2n) is 2.90. The lowest BCUT2D eigenvalue weighted by atomic mass is 10.4. The van der Waals surface area contributed by atoms with Crippen LogP contribution in [0.25, 0.3) is 0 Å². The summed E-state index contributed by atoms with van der Waals surface area (Å²) >= 11 is 0. The van der Waals surface area contributed by atoms with Crippen molar-refractivity contribution in [2.45, 2.75) is 6.04 Å². The molecule has 1 aliphatic rings. The van der Waals surface area contributed by atoms with Gasteiger partial charge in [-0.05, 0) is 0 Å². The standard InChI is InChI=1S/C6H8N2O3S/c9-6-7-1-2-8(6)5-3-12(10,11)4-5/h1-2,5H,3-4H2,(H,7,9). The summed E-state index contributed by atoms with van der Waals surface area (Å²) in [5.41, 5.74) is -0.241. The molecule has 5 nitrogen and oxygen atoms in total. The van der Waals surface area contributed by atoms with E-state index in [0.717, 1.165) is 0 Å². The zero-order valence-electron chi connectivity index (χ0n) is 6.23. The van der Waals surface area contributed by atoms with Crippen molar-refractivity contribution in [2.75, 3.05) is 11.5 Å². The first kappa shape index (κ1) is 7.60. The fourth-order valence-electron chi connectivity index (χ4n) is 1.32. The van der Waals surface area contributed by atoms with Crippen LogP contribution >= 0.6 is 0 Å². The van der Waals surface area contributed by atoms with E-state index < -0.39 is 9.84 Å². The molecule has 0 amide bonds.